The predicted molar refractivity (Wildman–Crippen MR) is 133 cm³/mol. The highest BCUT2D eigenvalue weighted by Crippen LogP contribution is 2.23. The molecule has 0 bridgehead atoms. The van der Waals surface area contributed by atoms with Crippen LogP contribution < -0.4 is 5.32 Å². The Morgan fingerprint density at radius 3 is 1.56 bits per heavy atom. The number of aliphatic carboxylic acids is 1. The third-order valence-electron chi connectivity index (χ3n) is 4.95. The van der Waals surface area contributed by atoms with Gasteiger partial charge in [-0.1, -0.05) is 58.6 Å². The van der Waals surface area contributed by atoms with E-state index in [1.807, 2.05) is 13.8 Å². The Hall–Kier alpha value is -3.88. The Morgan fingerprint density at radius 1 is 0.722 bits per heavy atom. The maximum absolute atomic E-state index is 13.1. The topological polar surface area (TPSA) is 119 Å². The van der Waals surface area contributed by atoms with Crippen molar-refractivity contribution in [3.8, 4) is 0 Å². The third kappa shape index (κ3) is 7.07. The number of hydrogen-bond donors (Lipinski definition) is 2. The monoisotopic (exact) mass is 529 g/mol. The Bertz CT molecular complexity index is 1270. The molecule has 3 aromatic rings. The Balaban J connectivity index is 1.92. The van der Waals surface area contributed by atoms with Gasteiger partial charge in [0.2, 0.25) is 12.2 Å². The molecule has 1 amide bonds. The molecule has 36 heavy (non-hydrogen) atoms. The molecule has 10 heteroatoms. The second kappa shape index (κ2) is 11.7. The quantitative estimate of drug-likeness (QED) is 0.390. The van der Waals surface area contributed by atoms with E-state index in [0.717, 1.165) is 11.1 Å². The van der Waals surface area contributed by atoms with Crippen molar-refractivity contribution in [3.63, 3.8) is 0 Å². The number of amides is 1. The maximum Gasteiger partial charge on any atom is 0.349 e. The zero-order valence-corrected chi connectivity index (χ0v) is 20.7. The lowest BCUT2D eigenvalue weighted by Gasteiger charge is -2.23. The van der Waals surface area contributed by atoms with Crippen molar-refractivity contribution in [2.45, 2.75) is 26.1 Å². The van der Waals surface area contributed by atoms with Crippen LogP contribution in [0.4, 0.5) is 5.69 Å². The first-order valence-electron chi connectivity index (χ1n) is 10.6. The minimum absolute atomic E-state index is 0.0532. The van der Waals surface area contributed by atoms with E-state index in [9.17, 15) is 24.3 Å². The standard InChI is InChI=1S/C26H21Cl2NO7/c1-14-3-7-16(8-4-14)25(33)35-21(23(30)29-20-12-18(27)11-19(28)13-20)22(24(31)32)36-26(34)17-9-5-15(2)6-10-17/h3-13,21-22H,1-2H3,(H,29,30)(H,31,32)/t21-,22-/m0/s1. The number of aryl methyl sites for hydroxylation is 2. The minimum atomic E-state index is -2.16. The van der Waals surface area contributed by atoms with Crippen LogP contribution in [0.25, 0.3) is 0 Å². The second-order valence-corrected chi connectivity index (χ2v) is 8.74. The molecule has 0 radical (unpaired) electrons. The van der Waals surface area contributed by atoms with Gasteiger partial charge in [-0.05, 0) is 56.3 Å². The van der Waals surface area contributed by atoms with Crippen LogP contribution in [0.3, 0.4) is 0 Å². The van der Waals surface area contributed by atoms with Gasteiger partial charge < -0.3 is 19.9 Å². The van der Waals surface area contributed by atoms with Crippen molar-refractivity contribution in [2.75, 3.05) is 5.32 Å². The highest BCUT2D eigenvalue weighted by atomic mass is 35.5. The molecular weight excluding hydrogens is 509 g/mol. The van der Waals surface area contributed by atoms with Crippen LogP contribution in [-0.2, 0) is 19.1 Å². The molecule has 3 rings (SSSR count). The van der Waals surface area contributed by atoms with E-state index >= 15 is 0 Å². The molecule has 2 N–H and O–H groups in total. The summed E-state index contributed by atoms with van der Waals surface area (Å²) >= 11 is 11.9. The van der Waals surface area contributed by atoms with E-state index < -0.39 is 36.0 Å². The van der Waals surface area contributed by atoms with Crippen molar-refractivity contribution in [3.05, 3.63) is 99.0 Å². The van der Waals surface area contributed by atoms with E-state index in [2.05, 4.69) is 5.32 Å². The number of carboxylic acids is 1. The number of rotatable bonds is 8. The van der Waals surface area contributed by atoms with Gasteiger partial charge in [-0.2, -0.15) is 0 Å². The predicted octanol–water partition coefficient (Wildman–Crippen LogP) is 5.08. The zero-order chi connectivity index (χ0) is 26.4. The lowest BCUT2D eigenvalue weighted by atomic mass is 10.1. The molecule has 3 aromatic carbocycles. The number of esters is 2. The van der Waals surface area contributed by atoms with Crippen molar-refractivity contribution in [2.24, 2.45) is 0 Å². The van der Waals surface area contributed by atoms with Crippen molar-refractivity contribution < 1.29 is 33.8 Å². The molecular formula is C26H21Cl2NO7. The number of carbonyl (C=O) groups excluding carboxylic acids is 3. The summed E-state index contributed by atoms with van der Waals surface area (Å²) in [4.78, 5) is 50.7. The Morgan fingerprint density at radius 2 is 1.14 bits per heavy atom. The van der Waals surface area contributed by atoms with E-state index in [-0.39, 0.29) is 26.9 Å². The van der Waals surface area contributed by atoms with Crippen LogP contribution in [0.2, 0.25) is 10.0 Å². The van der Waals surface area contributed by atoms with Gasteiger partial charge in [-0.3, -0.25) is 4.79 Å². The van der Waals surface area contributed by atoms with Gasteiger partial charge in [0.05, 0.1) is 11.1 Å². The summed E-state index contributed by atoms with van der Waals surface area (Å²) in [5.74, 6) is -4.77. The fourth-order valence-corrected chi connectivity index (χ4v) is 3.61. The third-order valence-corrected chi connectivity index (χ3v) is 5.39. The number of anilines is 1. The maximum atomic E-state index is 13.1. The Labute approximate surface area is 216 Å². The zero-order valence-electron chi connectivity index (χ0n) is 19.2. The molecule has 0 aliphatic rings. The molecule has 0 spiro atoms. The highest BCUT2D eigenvalue weighted by molar-refractivity contribution is 6.35. The van der Waals surface area contributed by atoms with Crippen LogP contribution in [0.15, 0.2) is 66.7 Å². The smallest absolute Gasteiger partial charge is 0.349 e. The number of carboxylic acid groups (broad SMARTS) is 1. The van der Waals surface area contributed by atoms with Crippen molar-refractivity contribution in [1.29, 1.82) is 0 Å². The summed E-state index contributed by atoms with van der Waals surface area (Å²) in [6.45, 7) is 3.62. The van der Waals surface area contributed by atoms with Gasteiger partial charge in [0.1, 0.15) is 0 Å². The lowest BCUT2D eigenvalue weighted by molar-refractivity contribution is -0.157. The number of ether oxygens (including phenoxy) is 2. The molecule has 8 nitrogen and oxygen atoms in total. The van der Waals surface area contributed by atoms with Gasteiger partial charge in [-0.25, -0.2) is 14.4 Å². The van der Waals surface area contributed by atoms with Crippen LogP contribution in [-0.4, -0.2) is 41.1 Å². The number of halogens is 2. The number of hydrogen-bond acceptors (Lipinski definition) is 6. The molecule has 2 atom stereocenters. The Kier molecular flexibility index (Phi) is 8.68. The van der Waals surface area contributed by atoms with Gasteiger partial charge in [0.25, 0.3) is 5.91 Å². The summed E-state index contributed by atoms with van der Waals surface area (Å²) < 4.78 is 10.4. The molecule has 0 unspecified atom stereocenters. The molecule has 0 saturated carbocycles. The van der Waals surface area contributed by atoms with Crippen LogP contribution >= 0.6 is 23.2 Å². The summed E-state index contributed by atoms with van der Waals surface area (Å²) in [5, 5.41) is 12.6. The SMILES string of the molecule is Cc1ccc(C(=O)O[C@H](C(=O)O)[C@H](OC(=O)c2ccc(C)cc2)C(=O)Nc2cc(Cl)cc(Cl)c2)cc1. The second-order valence-electron chi connectivity index (χ2n) is 7.87. The minimum Gasteiger partial charge on any atom is -0.478 e. The van der Waals surface area contributed by atoms with Gasteiger partial charge in [-0.15, -0.1) is 0 Å². The average Bonchev–Trinajstić information content (AvgIpc) is 2.81. The first kappa shape index (κ1) is 26.7. The number of benzene rings is 3. The van der Waals surface area contributed by atoms with Crippen LogP contribution in [0.1, 0.15) is 31.8 Å². The van der Waals surface area contributed by atoms with Gasteiger partial charge in [0.15, 0.2) is 0 Å². The first-order chi connectivity index (χ1) is 17.0. The summed E-state index contributed by atoms with van der Waals surface area (Å²) in [5.41, 5.74) is 1.97. The normalized spacial score (nSPS) is 12.2. The molecule has 0 heterocycles. The number of carbonyl (C=O) groups is 4. The molecule has 0 aromatic heterocycles. The summed E-state index contributed by atoms with van der Waals surface area (Å²) in [6.07, 6.45) is -4.22. The highest BCUT2D eigenvalue weighted by Gasteiger charge is 2.41. The lowest BCUT2D eigenvalue weighted by Crippen LogP contribution is -2.48. The van der Waals surface area contributed by atoms with Crippen LogP contribution in [0, 0.1) is 13.8 Å². The van der Waals surface area contributed by atoms with E-state index in [1.54, 1.807) is 24.3 Å². The molecule has 0 aliphatic heterocycles. The van der Waals surface area contributed by atoms with E-state index in [4.69, 9.17) is 32.7 Å². The molecule has 0 saturated heterocycles. The van der Waals surface area contributed by atoms with Crippen molar-refractivity contribution in [1.82, 2.24) is 0 Å². The summed E-state index contributed by atoms with van der Waals surface area (Å²) in [6, 6.07) is 16.5. The fourth-order valence-electron chi connectivity index (χ4n) is 3.08. The molecule has 0 fully saturated rings. The van der Waals surface area contributed by atoms with Gasteiger partial charge in [0, 0.05) is 15.7 Å². The van der Waals surface area contributed by atoms with E-state index in [0.29, 0.717) is 0 Å². The molecule has 186 valence electrons. The first-order valence-corrected chi connectivity index (χ1v) is 11.3. The van der Waals surface area contributed by atoms with Gasteiger partial charge >= 0.3 is 17.9 Å². The van der Waals surface area contributed by atoms with Crippen LogP contribution in [0.5, 0.6) is 0 Å². The van der Waals surface area contributed by atoms with E-state index in [1.165, 1.54) is 42.5 Å². The fraction of sp³-hybridized carbons (Fsp3) is 0.154. The molecule has 0 aliphatic carbocycles. The number of nitrogens with one attached hydrogen (secondary N) is 1. The van der Waals surface area contributed by atoms with Crippen molar-refractivity contribution >= 4 is 52.7 Å². The summed E-state index contributed by atoms with van der Waals surface area (Å²) in [7, 11) is 0. The average molecular weight is 530 g/mol. The largest absolute Gasteiger partial charge is 0.478 e.